The van der Waals surface area contributed by atoms with E-state index in [1.807, 2.05) is 0 Å². The van der Waals surface area contributed by atoms with Gasteiger partial charge in [0.15, 0.2) is 0 Å². The number of aromatic carboxylic acids is 1. The van der Waals surface area contributed by atoms with Crippen LogP contribution in [0.15, 0.2) is 24.8 Å². The van der Waals surface area contributed by atoms with E-state index in [0.29, 0.717) is 6.20 Å². The summed E-state index contributed by atoms with van der Waals surface area (Å²) in [5.41, 5.74) is -2.13. The minimum Gasteiger partial charge on any atom is -0.478 e. The van der Waals surface area contributed by atoms with Crippen molar-refractivity contribution in [3.8, 4) is 5.95 Å². The molecule has 0 atom stereocenters. The highest BCUT2D eigenvalue weighted by molar-refractivity contribution is 6.30. The number of hydrogen-bond donors (Lipinski definition) is 1. The Morgan fingerprint density at radius 1 is 1.26 bits per heavy atom. The van der Waals surface area contributed by atoms with Gasteiger partial charge in [0.05, 0.1) is 28.5 Å². The van der Waals surface area contributed by atoms with Crippen LogP contribution in [0.4, 0.5) is 13.2 Å². The lowest BCUT2D eigenvalue weighted by molar-refractivity contribution is -0.138. The molecule has 2 aromatic heterocycles. The van der Waals surface area contributed by atoms with E-state index >= 15 is 0 Å². The maximum absolute atomic E-state index is 12.7. The summed E-state index contributed by atoms with van der Waals surface area (Å²) in [6, 6.07) is 0. The summed E-state index contributed by atoms with van der Waals surface area (Å²) in [5, 5.41) is 8.97. The molecule has 0 bridgehead atoms. The molecule has 2 aromatic rings. The van der Waals surface area contributed by atoms with Gasteiger partial charge in [0, 0.05) is 12.4 Å². The number of aromatic nitrogens is 3. The van der Waals surface area contributed by atoms with Gasteiger partial charge in [-0.3, -0.25) is 4.57 Å². The minimum absolute atomic E-state index is 0.109. The fourth-order valence-electron chi connectivity index (χ4n) is 1.41. The number of carboxylic acids is 1. The first-order valence-electron chi connectivity index (χ1n) is 4.79. The number of carboxylic acid groups (broad SMARTS) is 1. The van der Waals surface area contributed by atoms with Crippen LogP contribution in [0, 0.1) is 0 Å². The zero-order valence-electron chi connectivity index (χ0n) is 9.02. The highest BCUT2D eigenvalue weighted by Crippen LogP contribution is 2.33. The number of alkyl halides is 3. The zero-order valence-corrected chi connectivity index (χ0v) is 9.77. The Balaban J connectivity index is 2.55. The molecule has 0 unspecified atom stereocenters. The van der Waals surface area contributed by atoms with Gasteiger partial charge in [0.1, 0.15) is 0 Å². The molecule has 0 fully saturated rings. The summed E-state index contributed by atoms with van der Waals surface area (Å²) in [6.45, 7) is 0. The number of carbonyl (C=O) groups is 1. The Morgan fingerprint density at radius 3 is 2.26 bits per heavy atom. The maximum atomic E-state index is 12.7. The van der Waals surface area contributed by atoms with Crippen LogP contribution in [-0.2, 0) is 6.18 Å². The third kappa shape index (κ3) is 2.68. The molecule has 9 heteroatoms. The van der Waals surface area contributed by atoms with E-state index in [-0.39, 0.29) is 11.0 Å². The third-order valence-electron chi connectivity index (χ3n) is 2.20. The van der Waals surface area contributed by atoms with E-state index in [0.717, 1.165) is 10.8 Å². The fourth-order valence-corrected chi connectivity index (χ4v) is 1.50. The Hall–Kier alpha value is -2.09. The van der Waals surface area contributed by atoms with Crippen LogP contribution in [0.25, 0.3) is 5.95 Å². The Bertz CT molecular complexity index is 622. The van der Waals surface area contributed by atoms with E-state index in [2.05, 4.69) is 9.97 Å². The maximum Gasteiger partial charge on any atom is 0.418 e. The summed E-state index contributed by atoms with van der Waals surface area (Å²) in [6.07, 6.45) is -0.971. The van der Waals surface area contributed by atoms with Crippen molar-refractivity contribution in [3.05, 3.63) is 40.9 Å². The van der Waals surface area contributed by atoms with Crippen molar-refractivity contribution in [3.63, 3.8) is 0 Å². The van der Waals surface area contributed by atoms with E-state index in [1.54, 1.807) is 0 Å². The van der Waals surface area contributed by atoms with E-state index < -0.39 is 23.3 Å². The second-order valence-electron chi connectivity index (χ2n) is 3.50. The number of hydrogen-bond acceptors (Lipinski definition) is 3. The van der Waals surface area contributed by atoms with Gasteiger partial charge < -0.3 is 5.11 Å². The van der Waals surface area contributed by atoms with E-state index in [1.165, 1.54) is 12.4 Å². The van der Waals surface area contributed by atoms with Crippen molar-refractivity contribution in [1.82, 2.24) is 14.5 Å². The van der Waals surface area contributed by atoms with Gasteiger partial charge in [-0.25, -0.2) is 14.8 Å². The molecule has 2 rings (SSSR count). The highest BCUT2D eigenvalue weighted by atomic mass is 35.5. The lowest BCUT2D eigenvalue weighted by atomic mass is 10.2. The number of halogens is 4. The third-order valence-corrected chi connectivity index (χ3v) is 2.40. The van der Waals surface area contributed by atoms with Crippen LogP contribution in [0.3, 0.4) is 0 Å². The molecular formula is C10H5ClF3N3O2. The molecule has 5 nitrogen and oxygen atoms in total. The smallest absolute Gasteiger partial charge is 0.418 e. The van der Waals surface area contributed by atoms with E-state index in [9.17, 15) is 18.0 Å². The van der Waals surface area contributed by atoms with E-state index in [4.69, 9.17) is 16.7 Å². The molecule has 0 aliphatic heterocycles. The second-order valence-corrected chi connectivity index (χ2v) is 3.93. The van der Waals surface area contributed by atoms with Gasteiger partial charge in [-0.2, -0.15) is 13.2 Å². The average molecular weight is 292 g/mol. The molecule has 0 spiro atoms. The van der Waals surface area contributed by atoms with Crippen LogP contribution in [0.1, 0.15) is 15.9 Å². The molecule has 0 aliphatic carbocycles. The van der Waals surface area contributed by atoms with Crippen molar-refractivity contribution >= 4 is 17.6 Å². The predicted molar refractivity (Wildman–Crippen MR) is 58.3 cm³/mol. The predicted octanol–water partition coefficient (Wildman–Crippen LogP) is 2.64. The van der Waals surface area contributed by atoms with Crippen molar-refractivity contribution in [2.75, 3.05) is 0 Å². The molecule has 2 heterocycles. The van der Waals surface area contributed by atoms with Gasteiger partial charge in [0.25, 0.3) is 0 Å². The van der Waals surface area contributed by atoms with Crippen LogP contribution >= 0.6 is 11.6 Å². The molecule has 0 radical (unpaired) electrons. The van der Waals surface area contributed by atoms with Gasteiger partial charge in [0.2, 0.25) is 5.95 Å². The van der Waals surface area contributed by atoms with Gasteiger partial charge in [-0.15, -0.1) is 0 Å². The summed E-state index contributed by atoms with van der Waals surface area (Å²) in [4.78, 5) is 18.2. The standard InChI is InChI=1S/C10H5ClF3N3O2/c11-5-1-15-9(16-2-5)17-3-6(8(18)19)7(4-17)10(12,13)14/h1-4H,(H,18,19). The van der Waals surface area contributed by atoms with Crippen LogP contribution in [0.5, 0.6) is 0 Å². The Kier molecular flexibility index (Phi) is 3.19. The van der Waals surface area contributed by atoms with Crippen molar-refractivity contribution in [2.45, 2.75) is 6.18 Å². The molecule has 0 aliphatic rings. The second kappa shape index (κ2) is 4.54. The normalized spacial score (nSPS) is 11.6. The first-order valence-corrected chi connectivity index (χ1v) is 5.17. The Labute approximate surface area is 109 Å². The SMILES string of the molecule is O=C(O)c1cn(-c2ncc(Cl)cn2)cc1C(F)(F)F. The van der Waals surface area contributed by atoms with Gasteiger partial charge in [-0.1, -0.05) is 11.6 Å². The average Bonchev–Trinajstić information content (AvgIpc) is 2.74. The van der Waals surface area contributed by atoms with Crippen LogP contribution in [0.2, 0.25) is 5.02 Å². The van der Waals surface area contributed by atoms with Crippen LogP contribution in [-0.4, -0.2) is 25.6 Å². The summed E-state index contributed by atoms with van der Waals surface area (Å²) >= 11 is 5.55. The van der Waals surface area contributed by atoms with Crippen molar-refractivity contribution in [2.24, 2.45) is 0 Å². The highest BCUT2D eigenvalue weighted by Gasteiger charge is 2.37. The molecule has 0 amide bonds. The summed E-state index contributed by atoms with van der Waals surface area (Å²) in [5.74, 6) is -1.79. The summed E-state index contributed by atoms with van der Waals surface area (Å²) < 4.78 is 38.9. The lowest BCUT2D eigenvalue weighted by Gasteiger charge is -2.04. The zero-order chi connectivity index (χ0) is 14.2. The molecule has 100 valence electrons. The molecule has 1 N–H and O–H groups in total. The van der Waals surface area contributed by atoms with Crippen molar-refractivity contribution in [1.29, 1.82) is 0 Å². The molecule has 0 saturated carbocycles. The monoisotopic (exact) mass is 291 g/mol. The quantitative estimate of drug-likeness (QED) is 0.923. The fraction of sp³-hybridized carbons (Fsp3) is 0.100. The summed E-state index contributed by atoms with van der Waals surface area (Å²) in [7, 11) is 0. The van der Waals surface area contributed by atoms with Gasteiger partial charge in [-0.05, 0) is 0 Å². The Morgan fingerprint density at radius 2 is 1.84 bits per heavy atom. The largest absolute Gasteiger partial charge is 0.478 e. The molecule has 19 heavy (non-hydrogen) atoms. The molecule has 0 saturated heterocycles. The first kappa shape index (κ1) is 13.3. The minimum atomic E-state index is -4.77. The van der Waals surface area contributed by atoms with Crippen molar-refractivity contribution < 1.29 is 23.1 Å². The molecular weight excluding hydrogens is 287 g/mol. The number of rotatable bonds is 2. The van der Waals surface area contributed by atoms with Gasteiger partial charge >= 0.3 is 12.1 Å². The molecule has 0 aromatic carbocycles. The van der Waals surface area contributed by atoms with Crippen LogP contribution < -0.4 is 0 Å². The number of nitrogens with zero attached hydrogens (tertiary/aromatic N) is 3. The first-order chi connectivity index (χ1) is 8.79. The topological polar surface area (TPSA) is 68.0 Å². The lowest BCUT2D eigenvalue weighted by Crippen LogP contribution is -2.09.